The normalized spacial score (nSPS) is 11.6. The van der Waals surface area contributed by atoms with E-state index < -0.39 is 0 Å². The van der Waals surface area contributed by atoms with Gasteiger partial charge in [0.05, 0.1) is 82.8 Å². The number of hydrogen-bond donors (Lipinski definition) is 0. The summed E-state index contributed by atoms with van der Waals surface area (Å²) >= 11 is 0. The lowest BCUT2D eigenvalue weighted by molar-refractivity contribution is 1.18. The second-order valence-electron chi connectivity index (χ2n) is 37.0. The lowest BCUT2D eigenvalue weighted by atomic mass is 10.0. The Bertz CT molecular complexity index is 9770. The van der Waals surface area contributed by atoms with Gasteiger partial charge in [-0.15, -0.1) is 0 Å². The minimum Gasteiger partial charge on any atom is -0.309 e. The number of fused-ring (bicyclic) bond motifs is 18. The van der Waals surface area contributed by atoms with Gasteiger partial charge in [0.15, 0.2) is 0 Å². The number of aromatic nitrogens is 9. The van der Waals surface area contributed by atoms with Crippen LogP contribution in [0.2, 0.25) is 0 Å². The largest absolute Gasteiger partial charge is 0.309 e. The van der Waals surface area contributed by atoms with E-state index in [0.717, 1.165) is 94.2 Å². The first-order valence-electron chi connectivity index (χ1n) is 49.1. The van der Waals surface area contributed by atoms with Crippen molar-refractivity contribution in [3.05, 3.63) is 540 Å². The van der Waals surface area contributed by atoms with Crippen molar-refractivity contribution in [2.45, 2.75) is 0 Å². The smallest absolute Gasteiger partial charge is 0.0963 e. The molecule has 0 aliphatic heterocycles. The van der Waals surface area contributed by atoms with E-state index in [4.69, 9.17) is 15.0 Å². The Hall–Kier alpha value is -19.4. The molecular formula is C135H89N9. The Kier molecular flexibility index (Phi) is 20.7. The summed E-state index contributed by atoms with van der Waals surface area (Å²) in [6.45, 7) is 0. The van der Waals surface area contributed by atoms with E-state index in [9.17, 15) is 0 Å². The fourth-order valence-corrected chi connectivity index (χ4v) is 22.0. The topological polar surface area (TPSA) is 68.2 Å². The number of nitrogens with zero attached hydrogens (tertiary/aromatic N) is 9. The molecule has 674 valence electrons. The fraction of sp³-hybridized carbons (Fsp3) is 0. The highest BCUT2D eigenvalue weighted by Crippen LogP contribution is 2.45. The van der Waals surface area contributed by atoms with Crippen molar-refractivity contribution in [1.29, 1.82) is 0 Å². The molecular weight excluding hydrogens is 1750 g/mol. The summed E-state index contributed by atoms with van der Waals surface area (Å²) in [6, 6.07) is 187. The van der Waals surface area contributed by atoms with Gasteiger partial charge in [-0.2, -0.15) is 0 Å². The van der Waals surface area contributed by atoms with E-state index in [1.54, 1.807) is 0 Å². The monoisotopic (exact) mass is 1840 g/mol. The van der Waals surface area contributed by atoms with E-state index >= 15 is 0 Å². The minimum absolute atomic E-state index is 1.01. The molecule has 0 saturated carbocycles. The number of pyridine rings is 3. The van der Waals surface area contributed by atoms with Gasteiger partial charge in [-0.1, -0.05) is 322 Å². The van der Waals surface area contributed by atoms with Crippen LogP contribution in [0, 0.1) is 0 Å². The van der Waals surface area contributed by atoms with Crippen LogP contribution in [0.5, 0.6) is 0 Å². The second-order valence-corrected chi connectivity index (χ2v) is 37.0. The number of benzene rings is 20. The third-order valence-corrected chi connectivity index (χ3v) is 28.7. The number of hydrogen-bond acceptors (Lipinski definition) is 3. The summed E-state index contributed by atoms with van der Waals surface area (Å²) in [5, 5.41) is 10.9. The van der Waals surface area contributed by atoms with Crippen molar-refractivity contribution >= 4 is 131 Å². The molecule has 0 bridgehead atoms. The van der Waals surface area contributed by atoms with Gasteiger partial charge in [-0.05, 0) is 289 Å². The maximum Gasteiger partial charge on any atom is 0.0963 e. The van der Waals surface area contributed by atoms with Crippen LogP contribution in [-0.2, 0) is 0 Å². The highest BCUT2D eigenvalue weighted by atomic mass is 15.0. The SMILES string of the molecule is c1ccc(-c2ccc(-n3c4ccccc4c4cc(-c5ccc6c(c5)c5ncccc5n6-c5ccc(-c6ccccc6)cc5)ccc43)cc2)cc1.c1ccc(-c2ccc(-n3c4ccccc4c4cc(-c5ccc6c(c5)c5ncccc5n6-c5cccc(-c6ccccc6)c5)ccc43)cc2)cc1.c1ccc(-c2cccc(-n3c4ccc(-c5ccc6c(c5)c5ccccc5n6-c5ccccc5)cc4c4ncccc43)c2)cc1. The molecule has 9 nitrogen and oxygen atoms in total. The first-order valence-corrected chi connectivity index (χ1v) is 49.1. The lowest BCUT2D eigenvalue weighted by Crippen LogP contribution is -1.94. The number of para-hydroxylation sites is 4. The summed E-state index contributed by atoms with van der Waals surface area (Å²) in [4.78, 5) is 14.7. The predicted molar refractivity (Wildman–Crippen MR) is 602 cm³/mol. The van der Waals surface area contributed by atoms with Crippen molar-refractivity contribution in [3.8, 4) is 123 Å². The maximum absolute atomic E-state index is 4.90. The Balaban J connectivity index is 0.000000108. The molecule has 29 aromatic rings. The molecule has 0 atom stereocenters. The quantitative estimate of drug-likeness (QED) is 0.109. The van der Waals surface area contributed by atoms with Crippen LogP contribution in [-0.4, -0.2) is 42.4 Å². The molecule has 9 heterocycles. The fourth-order valence-electron chi connectivity index (χ4n) is 22.0. The Labute approximate surface area is 831 Å². The van der Waals surface area contributed by atoms with Crippen molar-refractivity contribution in [2.24, 2.45) is 0 Å². The van der Waals surface area contributed by atoms with Gasteiger partial charge in [0.25, 0.3) is 0 Å². The van der Waals surface area contributed by atoms with Gasteiger partial charge in [0.2, 0.25) is 0 Å². The summed E-state index contributed by atoms with van der Waals surface area (Å²) in [5.74, 6) is 0. The predicted octanol–water partition coefficient (Wildman–Crippen LogP) is 35.2. The van der Waals surface area contributed by atoms with Crippen LogP contribution < -0.4 is 0 Å². The third kappa shape index (κ3) is 14.8. The molecule has 9 heteroatoms. The average Bonchev–Trinajstić information content (AvgIpc) is 1.59. The van der Waals surface area contributed by atoms with Gasteiger partial charge in [0.1, 0.15) is 0 Å². The number of rotatable bonds is 14. The lowest BCUT2D eigenvalue weighted by Gasteiger charge is -2.11. The highest BCUT2D eigenvalue weighted by molar-refractivity contribution is 6.16. The maximum atomic E-state index is 4.90. The molecule has 0 aliphatic rings. The first-order chi connectivity index (χ1) is 71.4. The molecule has 0 unspecified atom stereocenters. The van der Waals surface area contributed by atoms with Crippen LogP contribution >= 0.6 is 0 Å². The van der Waals surface area contributed by atoms with Crippen LogP contribution in [0.15, 0.2) is 540 Å². The molecule has 144 heavy (non-hydrogen) atoms. The van der Waals surface area contributed by atoms with Gasteiger partial charge in [0, 0.05) is 101 Å². The zero-order valence-corrected chi connectivity index (χ0v) is 78.4. The summed E-state index contributed by atoms with van der Waals surface area (Å²) in [7, 11) is 0. The van der Waals surface area contributed by atoms with Crippen LogP contribution in [0.4, 0.5) is 0 Å². The summed E-state index contributed by atoms with van der Waals surface area (Å²) in [6.07, 6.45) is 5.68. The van der Waals surface area contributed by atoms with Gasteiger partial charge in [-0.25, -0.2) is 0 Å². The van der Waals surface area contributed by atoms with E-state index in [0.29, 0.717) is 0 Å². The molecule has 0 fully saturated rings. The Morgan fingerprint density at radius 1 is 0.104 bits per heavy atom. The molecule has 0 amide bonds. The summed E-state index contributed by atoms with van der Waals surface area (Å²) in [5.41, 5.74) is 43.0. The van der Waals surface area contributed by atoms with Crippen LogP contribution in [0.25, 0.3) is 254 Å². The van der Waals surface area contributed by atoms with Crippen LogP contribution in [0.1, 0.15) is 0 Å². The molecule has 20 aromatic carbocycles. The van der Waals surface area contributed by atoms with Gasteiger partial charge in [-0.3, -0.25) is 15.0 Å². The second kappa shape index (κ2) is 35.6. The third-order valence-electron chi connectivity index (χ3n) is 28.7. The molecule has 0 saturated heterocycles. The van der Waals surface area contributed by atoms with Gasteiger partial charge < -0.3 is 27.4 Å². The van der Waals surface area contributed by atoms with E-state index in [-0.39, 0.29) is 0 Å². The minimum atomic E-state index is 1.01. The zero-order valence-electron chi connectivity index (χ0n) is 78.4. The zero-order chi connectivity index (χ0) is 95.1. The molecule has 9 aromatic heterocycles. The van der Waals surface area contributed by atoms with E-state index in [1.807, 2.05) is 36.8 Å². The molecule has 0 spiro atoms. The van der Waals surface area contributed by atoms with Gasteiger partial charge >= 0.3 is 0 Å². The molecule has 0 aliphatic carbocycles. The highest BCUT2D eigenvalue weighted by Gasteiger charge is 2.24. The molecule has 29 rings (SSSR count). The van der Waals surface area contributed by atoms with E-state index in [1.165, 1.54) is 160 Å². The standard InChI is InChI=1S/2C47H31N3.C41H27N3/c1-3-11-32(12-4-1)34-20-24-38(25-21-34)49-43-18-8-7-17-40(43)41-30-36(22-26-44(41)49)37-23-27-45-42(31-37)47-46(19-10-28-48-47)50(45)39-16-9-15-35(29-39)33-13-5-2-6-14-33;1-3-10-32(11-4-1)34-17-23-38(24-18-34)49-43-15-8-7-14-40(43)41-30-36(21-27-44(41)49)37-22-28-45-42(31-37)47-46(16-9-29-48-47)50(45)39-25-19-35(20-26-39)33-12-5-2-6-13-33;1-3-11-28(12-4-1)29-13-9-16-33(25-29)44-39-23-21-31(27-36(39)41-40(44)19-10-24-42-41)30-20-22-38-35(26-30)34-17-7-8-18-37(34)43(38)32-14-5-2-6-15-32/h2*1-31H;1-27H. The molecule has 0 radical (unpaired) electrons. The Morgan fingerprint density at radius 2 is 0.285 bits per heavy atom. The van der Waals surface area contributed by atoms with Crippen molar-refractivity contribution in [2.75, 3.05) is 0 Å². The summed E-state index contributed by atoms with van der Waals surface area (Å²) < 4.78 is 14.1. The van der Waals surface area contributed by atoms with Crippen molar-refractivity contribution in [3.63, 3.8) is 0 Å². The van der Waals surface area contributed by atoms with Crippen molar-refractivity contribution in [1.82, 2.24) is 42.4 Å². The average molecular weight is 1840 g/mol. The molecule has 0 N–H and O–H groups in total. The van der Waals surface area contributed by atoms with Crippen molar-refractivity contribution < 1.29 is 0 Å². The van der Waals surface area contributed by atoms with Crippen LogP contribution in [0.3, 0.4) is 0 Å². The van der Waals surface area contributed by atoms with E-state index in [2.05, 4.69) is 531 Å². The first kappa shape index (κ1) is 84.0. The Morgan fingerprint density at radius 3 is 0.576 bits per heavy atom.